The van der Waals surface area contributed by atoms with Crippen molar-refractivity contribution >= 4 is 75.1 Å². The molecule has 0 saturated carbocycles. The summed E-state index contributed by atoms with van der Waals surface area (Å²) in [5.41, 5.74) is 2.57. The van der Waals surface area contributed by atoms with Crippen LogP contribution in [0, 0.1) is 17.0 Å². The average Bonchev–Trinajstić information content (AvgIpc) is 3.26. The fourth-order valence-electron chi connectivity index (χ4n) is 4.38. The molecule has 1 saturated heterocycles. The van der Waals surface area contributed by atoms with Gasteiger partial charge in [0.15, 0.2) is 6.61 Å². The van der Waals surface area contributed by atoms with Crippen molar-refractivity contribution in [2.75, 3.05) is 41.8 Å². The van der Waals surface area contributed by atoms with Gasteiger partial charge in [-0.1, -0.05) is 23.7 Å². The molecule has 1 aliphatic heterocycles. The summed E-state index contributed by atoms with van der Waals surface area (Å²) in [6.45, 7) is 6.29. The number of nitro groups is 1. The van der Waals surface area contributed by atoms with E-state index in [1.807, 2.05) is 26.8 Å². The highest BCUT2D eigenvalue weighted by atomic mass is 35.5. The number of amides is 4. The summed E-state index contributed by atoms with van der Waals surface area (Å²) >= 11 is 6.80. The van der Waals surface area contributed by atoms with Crippen LogP contribution in [-0.2, 0) is 14.4 Å². The summed E-state index contributed by atoms with van der Waals surface area (Å²) in [6, 6.07) is 15.8. The van der Waals surface area contributed by atoms with Crippen molar-refractivity contribution in [1.29, 1.82) is 0 Å². The van der Waals surface area contributed by atoms with Crippen LogP contribution in [0.5, 0.6) is 5.75 Å². The van der Waals surface area contributed by atoms with E-state index in [0.29, 0.717) is 41.1 Å². The lowest BCUT2D eigenvalue weighted by Gasteiger charge is -2.22. The maximum atomic E-state index is 13.2. The summed E-state index contributed by atoms with van der Waals surface area (Å²) < 4.78 is 5.87. The van der Waals surface area contributed by atoms with E-state index < -0.39 is 41.0 Å². The third kappa shape index (κ3) is 8.40. The standard InChI is InChI=1S/C31H30ClN5O7S/c1-4-35(5-2)23-12-10-20(26(16-23)44-18-29(39)34-21-7-6-8-24(14-21)37(42)43)13-27-30(40)36(31(41)45-27)17-28(38)33-22-11-9-19(3)25(32)15-22/h6-16H,4-5,17-18H2,1-3H3,(H,33,38)(H,34,39)/b27-13+. The number of imide groups is 1. The predicted molar refractivity (Wildman–Crippen MR) is 175 cm³/mol. The molecule has 3 aromatic rings. The van der Waals surface area contributed by atoms with Gasteiger partial charge in [-0.05, 0) is 74.5 Å². The Morgan fingerprint density at radius 3 is 2.42 bits per heavy atom. The average molecular weight is 652 g/mol. The first kappa shape index (κ1) is 33.0. The third-order valence-electron chi connectivity index (χ3n) is 6.74. The molecule has 0 aromatic heterocycles. The van der Waals surface area contributed by atoms with Crippen LogP contribution in [0.4, 0.5) is 27.5 Å². The van der Waals surface area contributed by atoms with Crippen LogP contribution in [0.3, 0.4) is 0 Å². The summed E-state index contributed by atoms with van der Waals surface area (Å²) in [7, 11) is 0. The quantitative estimate of drug-likeness (QED) is 0.135. The first-order chi connectivity index (χ1) is 21.5. The first-order valence-corrected chi connectivity index (χ1v) is 15.1. The second kappa shape index (κ2) is 14.7. The Morgan fingerprint density at radius 2 is 1.73 bits per heavy atom. The molecule has 12 nitrogen and oxygen atoms in total. The van der Waals surface area contributed by atoms with Crippen LogP contribution in [0.1, 0.15) is 25.0 Å². The summed E-state index contributed by atoms with van der Waals surface area (Å²) in [4.78, 5) is 64.7. The van der Waals surface area contributed by atoms with E-state index in [9.17, 15) is 29.3 Å². The number of carbonyl (C=O) groups is 4. The molecule has 0 unspecified atom stereocenters. The van der Waals surface area contributed by atoms with Crippen molar-refractivity contribution in [3.63, 3.8) is 0 Å². The smallest absolute Gasteiger partial charge is 0.294 e. The number of anilines is 3. The lowest BCUT2D eigenvalue weighted by atomic mass is 10.1. The lowest BCUT2D eigenvalue weighted by molar-refractivity contribution is -0.384. The second-order valence-electron chi connectivity index (χ2n) is 9.82. The summed E-state index contributed by atoms with van der Waals surface area (Å²) in [5, 5.41) is 16.1. The highest BCUT2D eigenvalue weighted by Crippen LogP contribution is 2.35. The number of rotatable bonds is 12. The number of hydrogen-bond donors (Lipinski definition) is 2. The number of ether oxygens (including phenoxy) is 1. The van der Waals surface area contributed by atoms with Crippen molar-refractivity contribution in [3.05, 3.63) is 91.8 Å². The molecular weight excluding hydrogens is 622 g/mol. The molecular formula is C31H30ClN5O7S. The number of thioether (sulfide) groups is 1. The zero-order chi connectivity index (χ0) is 32.7. The van der Waals surface area contributed by atoms with E-state index in [4.69, 9.17) is 16.3 Å². The SMILES string of the molecule is CCN(CC)c1ccc(/C=C2/SC(=O)N(CC(=O)Nc3ccc(C)c(Cl)c3)C2=O)c(OCC(=O)Nc2cccc([N+](=O)[O-])c2)c1. The Labute approximate surface area is 268 Å². The van der Waals surface area contributed by atoms with Gasteiger partial charge >= 0.3 is 0 Å². The van der Waals surface area contributed by atoms with Crippen LogP contribution in [0.15, 0.2) is 65.6 Å². The molecule has 3 aromatic carbocycles. The van der Waals surface area contributed by atoms with Gasteiger partial charge in [0.2, 0.25) is 5.91 Å². The molecule has 0 spiro atoms. The maximum Gasteiger partial charge on any atom is 0.294 e. The minimum atomic E-state index is -0.649. The number of nitrogens with one attached hydrogen (secondary N) is 2. The Kier molecular flexibility index (Phi) is 10.8. The van der Waals surface area contributed by atoms with E-state index in [-0.39, 0.29) is 22.0 Å². The molecule has 1 heterocycles. The Hall–Kier alpha value is -4.88. The number of benzene rings is 3. The number of nitro benzene ring substituents is 1. The monoisotopic (exact) mass is 651 g/mol. The molecule has 0 radical (unpaired) electrons. The van der Waals surface area contributed by atoms with Crippen LogP contribution in [0.25, 0.3) is 6.08 Å². The van der Waals surface area contributed by atoms with Crippen molar-refractivity contribution in [3.8, 4) is 5.75 Å². The first-order valence-electron chi connectivity index (χ1n) is 13.9. The highest BCUT2D eigenvalue weighted by Gasteiger charge is 2.36. The number of hydrogen-bond acceptors (Lipinski definition) is 9. The molecule has 0 atom stereocenters. The summed E-state index contributed by atoms with van der Waals surface area (Å²) in [6.07, 6.45) is 1.47. The Balaban J connectivity index is 1.51. The van der Waals surface area contributed by atoms with Crippen LogP contribution in [-0.4, -0.2) is 59.0 Å². The van der Waals surface area contributed by atoms with E-state index >= 15 is 0 Å². The minimum absolute atomic E-state index is 0.0765. The number of carbonyl (C=O) groups excluding carboxylic acids is 4. The predicted octanol–water partition coefficient (Wildman–Crippen LogP) is 6.10. The van der Waals surface area contributed by atoms with Crippen LogP contribution >= 0.6 is 23.4 Å². The van der Waals surface area contributed by atoms with E-state index in [0.717, 1.165) is 16.2 Å². The molecule has 14 heteroatoms. The van der Waals surface area contributed by atoms with E-state index in [1.165, 1.54) is 30.3 Å². The molecule has 45 heavy (non-hydrogen) atoms. The molecule has 234 valence electrons. The molecule has 0 bridgehead atoms. The second-order valence-corrected chi connectivity index (χ2v) is 11.2. The number of halogens is 1. The third-order valence-corrected chi connectivity index (χ3v) is 8.06. The topological polar surface area (TPSA) is 151 Å². The summed E-state index contributed by atoms with van der Waals surface area (Å²) in [5.74, 6) is -1.50. The van der Waals surface area contributed by atoms with Crippen molar-refractivity contribution in [1.82, 2.24) is 4.90 Å². The maximum absolute atomic E-state index is 13.2. The van der Waals surface area contributed by atoms with Crippen molar-refractivity contribution in [2.24, 2.45) is 0 Å². The minimum Gasteiger partial charge on any atom is -0.483 e. The zero-order valence-electron chi connectivity index (χ0n) is 24.7. The van der Waals surface area contributed by atoms with E-state index in [2.05, 4.69) is 15.5 Å². The van der Waals surface area contributed by atoms with Gasteiger partial charge in [-0.15, -0.1) is 0 Å². The number of non-ortho nitro benzene ring substituents is 1. The Morgan fingerprint density at radius 1 is 1.02 bits per heavy atom. The molecule has 1 fully saturated rings. The normalized spacial score (nSPS) is 13.6. The van der Waals surface area contributed by atoms with Gasteiger partial charge in [-0.3, -0.25) is 34.2 Å². The van der Waals surface area contributed by atoms with Crippen molar-refractivity contribution in [2.45, 2.75) is 20.8 Å². The van der Waals surface area contributed by atoms with Gasteiger partial charge in [0, 0.05) is 58.9 Å². The van der Waals surface area contributed by atoms with Gasteiger partial charge in [0.25, 0.3) is 22.7 Å². The zero-order valence-corrected chi connectivity index (χ0v) is 26.2. The van der Waals surface area contributed by atoms with Gasteiger partial charge in [0.1, 0.15) is 12.3 Å². The van der Waals surface area contributed by atoms with Gasteiger partial charge in [0.05, 0.1) is 9.83 Å². The lowest BCUT2D eigenvalue weighted by Crippen LogP contribution is -2.36. The highest BCUT2D eigenvalue weighted by molar-refractivity contribution is 8.18. The largest absolute Gasteiger partial charge is 0.483 e. The molecule has 1 aliphatic rings. The molecule has 4 amide bonds. The van der Waals surface area contributed by atoms with Crippen LogP contribution in [0.2, 0.25) is 5.02 Å². The molecule has 4 rings (SSSR count). The van der Waals surface area contributed by atoms with Gasteiger partial charge in [-0.2, -0.15) is 0 Å². The number of nitrogens with zero attached hydrogens (tertiary/aromatic N) is 3. The van der Waals surface area contributed by atoms with E-state index in [1.54, 1.807) is 30.3 Å². The molecule has 0 aliphatic carbocycles. The molecule has 2 N–H and O–H groups in total. The number of aryl methyl sites for hydroxylation is 1. The van der Waals surface area contributed by atoms with Gasteiger partial charge < -0.3 is 20.3 Å². The Bertz CT molecular complexity index is 1690. The fraction of sp³-hybridized carbons (Fsp3) is 0.226. The van der Waals surface area contributed by atoms with Crippen LogP contribution < -0.4 is 20.3 Å². The van der Waals surface area contributed by atoms with Gasteiger partial charge in [-0.25, -0.2) is 0 Å². The fourth-order valence-corrected chi connectivity index (χ4v) is 5.39. The van der Waals surface area contributed by atoms with Crippen molar-refractivity contribution < 1.29 is 28.8 Å².